The third kappa shape index (κ3) is 1.82. The van der Waals surface area contributed by atoms with Crippen LogP contribution in [0.4, 0.5) is 0 Å². The van der Waals surface area contributed by atoms with E-state index < -0.39 is 0 Å². The Morgan fingerprint density at radius 3 is 2.60 bits per heavy atom. The van der Waals surface area contributed by atoms with Crippen LogP contribution in [0.3, 0.4) is 0 Å². The first-order chi connectivity index (χ1) is 4.68. The van der Waals surface area contributed by atoms with Crippen molar-refractivity contribution in [3.8, 4) is 0 Å². The van der Waals surface area contributed by atoms with Gasteiger partial charge in [0.05, 0.1) is 13.2 Å². The molecule has 0 amide bonds. The Hall–Kier alpha value is -0.340. The van der Waals surface area contributed by atoms with E-state index in [1.54, 1.807) is 0 Å². The standard InChI is InChI=1S/C8H14O2/c1-7(2)3-4-8(5-9)6-10-8/h3,9H,4-6H2,1-2H3/t8-/m0/s1. The first-order valence-corrected chi connectivity index (χ1v) is 3.57. The van der Waals surface area contributed by atoms with Crippen LogP contribution in [0.25, 0.3) is 0 Å². The lowest BCUT2D eigenvalue weighted by Gasteiger charge is -2.02. The molecule has 1 N–H and O–H groups in total. The molecule has 0 aromatic rings. The quantitative estimate of drug-likeness (QED) is 0.473. The summed E-state index contributed by atoms with van der Waals surface area (Å²) in [5.74, 6) is 0. The van der Waals surface area contributed by atoms with Gasteiger partial charge < -0.3 is 9.84 Å². The fourth-order valence-electron chi connectivity index (χ4n) is 0.766. The van der Waals surface area contributed by atoms with Gasteiger partial charge in [0.1, 0.15) is 5.60 Å². The fourth-order valence-corrected chi connectivity index (χ4v) is 0.766. The van der Waals surface area contributed by atoms with Crippen molar-refractivity contribution in [2.75, 3.05) is 13.2 Å². The van der Waals surface area contributed by atoms with Gasteiger partial charge in [0.15, 0.2) is 0 Å². The number of aliphatic hydroxyl groups is 1. The number of epoxide rings is 1. The predicted octanol–water partition coefficient (Wildman–Crippen LogP) is 1.10. The lowest BCUT2D eigenvalue weighted by atomic mass is 10.1. The summed E-state index contributed by atoms with van der Waals surface area (Å²) in [7, 11) is 0. The molecule has 0 aromatic carbocycles. The van der Waals surface area contributed by atoms with Crippen LogP contribution in [0.2, 0.25) is 0 Å². The molecule has 10 heavy (non-hydrogen) atoms. The Labute approximate surface area is 61.5 Å². The van der Waals surface area contributed by atoms with Gasteiger partial charge in [-0.15, -0.1) is 0 Å². The maximum atomic E-state index is 8.82. The molecule has 1 atom stereocenters. The zero-order chi connectivity index (χ0) is 7.61. The molecule has 1 heterocycles. The highest BCUT2D eigenvalue weighted by Gasteiger charge is 2.42. The van der Waals surface area contributed by atoms with Crippen molar-refractivity contribution < 1.29 is 9.84 Å². The van der Waals surface area contributed by atoms with Gasteiger partial charge in [0, 0.05) is 0 Å². The molecule has 2 heteroatoms. The molecule has 0 bridgehead atoms. The second kappa shape index (κ2) is 2.72. The summed E-state index contributed by atoms with van der Waals surface area (Å²) in [5, 5.41) is 8.82. The summed E-state index contributed by atoms with van der Waals surface area (Å²) in [4.78, 5) is 0. The lowest BCUT2D eigenvalue weighted by molar-refractivity contribution is 0.173. The van der Waals surface area contributed by atoms with Crippen molar-refractivity contribution in [1.82, 2.24) is 0 Å². The van der Waals surface area contributed by atoms with Crippen LogP contribution >= 0.6 is 0 Å². The highest BCUT2D eigenvalue weighted by atomic mass is 16.6. The smallest absolute Gasteiger partial charge is 0.118 e. The summed E-state index contributed by atoms with van der Waals surface area (Å²) >= 11 is 0. The van der Waals surface area contributed by atoms with E-state index in [2.05, 4.69) is 6.08 Å². The summed E-state index contributed by atoms with van der Waals surface area (Å²) in [6.07, 6.45) is 2.95. The van der Waals surface area contributed by atoms with E-state index in [4.69, 9.17) is 9.84 Å². The maximum Gasteiger partial charge on any atom is 0.118 e. The zero-order valence-corrected chi connectivity index (χ0v) is 6.55. The third-order valence-electron chi connectivity index (χ3n) is 1.72. The molecule has 0 unspecified atom stereocenters. The molecule has 1 aliphatic heterocycles. The minimum Gasteiger partial charge on any atom is -0.393 e. The Bertz CT molecular complexity index is 141. The molecule has 0 radical (unpaired) electrons. The average Bonchev–Trinajstić information content (AvgIpc) is 2.64. The van der Waals surface area contributed by atoms with Crippen molar-refractivity contribution in [2.45, 2.75) is 25.9 Å². The van der Waals surface area contributed by atoms with Gasteiger partial charge in [-0.2, -0.15) is 0 Å². The van der Waals surface area contributed by atoms with Gasteiger partial charge in [-0.25, -0.2) is 0 Å². The number of ether oxygens (including phenoxy) is 1. The molecule has 0 saturated carbocycles. The van der Waals surface area contributed by atoms with E-state index in [1.807, 2.05) is 13.8 Å². The molecular formula is C8H14O2. The topological polar surface area (TPSA) is 32.8 Å². The van der Waals surface area contributed by atoms with Crippen LogP contribution in [0.15, 0.2) is 11.6 Å². The fraction of sp³-hybridized carbons (Fsp3) is 0.750. The van der Waals surface area contributed by atoms with Gasteiger partial charge in [-0.3, -0.25) is 0 Å². The van der Waals surface area contributed by atoms with Crippen LogP contribution < -0.4 is 0 Å². The lowest BCUT2D eigenvalue weighted by Crippen LogP contribution is -2.14. The number of rotatable bonds is 3. The normalized spacial score (nSPS) is 29.9. The van der Waals surface area contributed by atoms with Crippen molar-refractivity contribution in [1.29, 1.82) is 0 Å². The maximum absolute atomic E-state index is 8.82. The van der Waals surface area contributed by atoms with Crippen molar-refractivity contribution in [3.05, 3.63) is 11.6 Å². The van der Waals surface area contributed by atoms with E-state index in [0.29, 0.717) is 6.61 Å². The third-order valence-corrected chi connectivity index (χ3v) is 1.72. The summed E-state index contributed by atoms with van der Waals surface area (Å²) in [6, 6.07) is 0. The first kappa shape index (κ1) is 7.76. The summed E-state index contributed by atoms with van der Waals surface area (Å²) in [6.45, 7) is 4.96. The Morgan fingerprint density at radius 2 is 2.30 bits per heavy atom. The molecular weight excluding hydrogens is 128 g/mol. The molecule has 1 saturated heterocycles. The van der Waals surface area contributed by atoms with Gasteiger partial charge in [-0.1, -0.05) is 11.6 Å². The predicted molar refractivity (Wildman–Crippen MR) is 39.8 cm³/mol. The molecule has 1 fully saturated rings. The molecule has 0 spiro atoms. The minimum absolute atomic E-state index is 0.150. The molecule has 2 nitrogen and oxygen atoms in total. The van der Waals surface area contributed by atoms with Gasteiger partial charge >= 0.3 is 0 Å². The summed E-state index contributed by atoms with van der Waals surface area (Å²) in [5.41, 5.74) is 1.08. The van der Waals surface area contributed by atoms with E-state index in [1.165, 1.54) is 5.57 Å². The van der Waals surface area contributed by atoms with E-state index in [9.17, 15) is 0 Å². The number of hydrogen-bond acceptors (Lipinski definition) is 2. The highest BCUT2D eigenvalue weighted by molar-refractivity contribution is 5.03. The largest absolute Gasteiger partial charge is 0.393 e. The number of allylic oxidation sites excluding steroid dienone is 1. The average molecular weight is 142 g/mol. The monoisotopic (exact) mass is 142 g/mol. The zero-order valence-electron chi connectivity index (χ0n) is 6.55. The molecule has 0 aromatic heterocycles. The van der Waals surface area contributed by atoms with Gasteiger partial charge in [-0.05, 0) is 20.3 Å². The van der Waals surface area contributed by atoms with Crippen LogP contribution in [0, 0.1) is 0 Å². The van der Waals surface area contributed by atoms with E-state index in [-0.39, 0.29) is 12.2 Å². The Balaban J connectivity index is 2.32. The summed E-state index contributed by atoms with van der Waals surface area (Å²) < 4.78 is 5.10. The number of hydrogen-bond donors (Lipinski definition) is 1. The highest BCUT2D eigenvalue weighted by Crippen LogP contribution is 2.30. The van der Waals surface area contributed by atoms with E-state index >= 15 is 0 Å². The Kier molecular flexibility index (Phi) is 2.11. The van der Waals surface area contributed by atoms with Crippen LogP contribution in [0.5, 0.6) is 0 Å². The van der Waals surface area contributed by atoms with E-state index in [0.717, 1.165) is 6.42 Å². The van der Waals surface area contributed by atoms with Gasteiger partial charge in [0.25, 0.3) is 0 Å². The second-order valence-electron chi connectivity index (χ2n) is 3.12. The SMILES string of the molecule is CC(C)=CC[C@]1(CO)CO1. The van der Waals surface area contributed by atoms with Crippen molar-refractivity contribution >= 4 is 0 Å². The van der Waals surface area contributed by atoms with Crippen LogP contribution in [-0.4, -0.2) is 23.9 Å². The van der Waals surface area contributed by atoms with Crippen LogP contribution in [-0.2, 0) is 4.74 Å². The van der Waals surface area contributed by atoms with Crippen molar-refractivity contribution in [3.63, 3.8) is 0 Å². The first-order valence-electron chi connectivity index (χ1n) is 3.57. The molecule has 58 valence electrons. The molecule has 0 aliphatic carbocycles. The second-order valence-corrected chi connectivity index (χ2v) is 3.12. The Morgan fingerprint density at radius 1 is 1.70 bits per heavy atom. The van der Waals surface area contributed by atoms with Crippen molar-refractivity contribution in [2.24, 2.45) is 0 Å². The minimum atomic E-state index is -0.197. The number of aliphatic hydroxyl groups excluding tert-OH is 1. The van der Waals surface area contributed by atoms with Gasteiger partial charge in [0.2, 0.25) is 0 Å². The molecule has 1 aliphatic rings. The molecule has 1 rings (SSSR count). The van der Waals surface area contributed by atoms with Crippen LogP contribution in [0.1, 0.15) is 20.3 Å².